The van der Waals surface area contributed by atoms with E-state index in [9.17, 15) is 0 Å². The van der Waals surface area contributed by atoms with Gasteiger partial charge in [-0.05, 0) is 139 Å². The molecule has 11 aromatic carbocycles. The predicted molar refractivity (Wildman–Crippen MR) is 411 cm³/mol. The summed E-state index contributed by atoms with van der Waals surface area (Å²) in [7, 11) is 0. The number of nitrogens with zero attached hydrogens (tertiary/aromatic N) is 10. The molecule has 0 radical (unpaired) electrons. The number of para-hydroxylation sites is 9. The van der Waals surface area contributed by atoms with Crippen LogP contribution in [0, 0.1) is 0 Å². The number of pyridine rings is 6. The molecule has 0 aliphatic heterocycles. The van der Waals surface area contributed by atoms with Gasteiger partial charge in [0.15, 0.2) is 0 Å². The van der Waals surface area contributed by atoms with Gasteiger partial charge in [-0.25, -0.2) is 9.97 Å². The van der Waals surface area contributed by atoms with Crippen molar-refractivity contribution in [2.24, 2.45) is 0 Å². The molecule has 466 valence electrons. The summed E-state index contributed by atoms with van der Waals surface area (Å²) in [6.07, 6.45) is 9.44. The molecule has 0 bridgehead atoms. The second kappa shape index (κ2) is 23.0. The molecule has 10 nitrogen and oxygen atoms in total. The molecule has 0 aliphatic rings. The molecule has 0 atom stereocenters. The molecule has 10 aromatic heterocycles. The van der Waals surface area contributed by atoms with Crippen molar-refractivity contribution in [1.29, 1.82) is 0 Å². The van der Waals surface area contributed by atoms with E-state index in [4.69, 9.17) is 24.9 Å². The van der Waals surface area contributed by atoms with Crippen LogP contribution in [0.3, 0.4) is 0 Å². The standard InChI is InChI=1S/C47H29N5.C43H27N5/c1-5-18-42-33(13-1)34-14-2-6-19-43(34)51(42)32-23-25-41-39(27-32)38(31-22-24-40(49-29-31)37-17-9-11-30-12-10-26-48-47(30)37)28-46(50-41)52-44-20-7-3-15-35(44)36-16-4-8-21-45(36)52;1-5-15-39-31(11-1)32-12-2-6-16-40(32)47(39)30-20-22-38-36(24-30)35(28-19-21-37(45-27-28)29-10-9-23-44-26-29)25-43(46-38)48-41-17-7-3-13-33(41)34-14-4-8-18-42(34)48/h1-29H;1-27H. The molecule has 0 saturated carbocycles. The van der Waals surface area contributed by atoms with Crippen molar-refractivity contribution in [3.63, 3.8) is 0 Å². The number of hydrogen-bond donors (Lipinski definition) is 0. The Hall–Kier alpha value is -13.7. The van der Waals surface area contributed by atoms with E-state index in [2.05, 4.69) is 314 Å². The Morgan fingerprint density at radius 1 is 0.230 bits per heavy atom. The molecule has 100 heavy (non-hydrogen) atoms. The summed E-state index contributed by atoms with van der Waals surface area (Å²) in [6, 6.07) is 109. The van der Waals surface area contributed by atoms with Crippen LogP contribution >= 0.6 is 0 Å². The molecule has 0 spiro atoms. The number of aromatic nitrogens is 10. The van der Waals surface area contributed by atoms with E-state index in [1.165, 1.54) is 65.2 Å². The predicted octanol–water partition coefficient (Wildman–Crippen LogP) is 22.3. The van der Waals surface area contributed by atoms with E-state index < -0.39 is 0 Å². The van der Waals surface area contributed by atoms with Gasteiger partial charge in [-0.2, -0.15) is 0 Å². The van der Waals surface area contributed by atoms with Crippen molar-refractivity contribution in [2.45, 2.75) is 0 Å². The van der Waals surface area contributed by atoms with E-state index in [0.717, 1.165) is 123 Å². The van der Waals surface area contributed by atoms with Crippen LogP contribution in [-0.2, 0) is 0 Å². The van der Waals surface area contributed by atoms with Gasteiger partial charge in [-0.3, -0.25) is 29.1 Å². The highest BCUT2D eigenvalue weighted by atomic mass is 15.1. The summed E-state index contributed by atoms with van der Waals surface area (Å²) in [6.45, 7) is 0. The monoisotopic (exact) mass is 1280 g/mol. The highest BCUT2D eigenvalue weighted by Crippen LogP contribution is 2.42. The van der Waals surface area contributed by atoms with Crippen LogP contribution in [0.1, 0.15) is 0 Å². The third-order valence-corrected chi connectivity index (χ3v) is 19.9. The number of fused-ring (bicyclic) bond motifs is 15. The normalized spacial score (nSPS) is 11.8. The Morgan fingerprint density at radius 3 is 1.00 bits per heavy atom. The summed E-state index contributed by atoms with van der Waals surface area (Å²) in [5.74, 6) is 1.74. The van der Waals surface area contributed by atoms with Crippen molar-refractivity contribution in [3.05, 3.63) is 340 Å². The fourth-order valence-corrected chi connectivity index (χ4v) is 15.4. The summed E-state index contributed by atoms with van der Waals surface area (Å²) in [4.78, 5) is 29.7. The van der Waals surface area contributed by atoms with Gasteiger partial charge < -0.3 is 9.13 Å². The summed E-state index contributed by atoms with van der Waals surface area (Å²) in [5.41, 5.74) is 22.1. The number of hydrogen-bond acceptors (Lipinski definition) is 6. The van der Waals surface area contributed by atoms with Crippen molar-refractivity contribution in [3.8, 4) is 67.8 Å². The van der Waals surface area contributed by atoms with Crippen LogP contribution in [0.2, 0.25) is 0 Å². The van der Waals surface area contributed by atoms with E-state index in [0.29, 0.717) is 0 Å². The molecule has 0 aliphatic carbocycles. The maximum atomic E-state index is 5.38. The van der Waals surface area contributed by atoms with Crippen LogP contribution < -0.4 is 0 Å². The SMILES string of the molecule is c1cnc2c(-c3ccc(-c4cc(-n5c6ccccc6c6ccccc65)nc5ccc(-n6c7ccccc7c7ccccc76)cc45)cn3)cccc2c1.c1cncc(-c2ccc(-c3cc(-n4c5ccccc5c5ccccc54)nc4ccc(-n5c6ccccc6c6ccccc65)cc34)cn2)c1. The Bertz CT molecular complexity index is 6620. The highest BCUT2D eigenvalue weighted by molar-refractivity contribution is 6.14. The zero-order chi connectivity index (χ0) is 65.8. The second-order valence-corrected chi connectivity index (χ2v) is 25.4. The Labute approximate surface area is 572 Å². The van der Waals surface area contributed by atoms with Gasteiger partial charge >= 0.3 is 0 Å². The van der Waals surface area contributed by atoms with Gasteiger partial charge in [-0.15, -0.1) is 0 Å². The largest absolute Gasteiger partial charge is 0.309 e. The van der Waals surface area contributed by atoms with E-state index in [1.807, 2.05) is 43.0 Å². The molecule has 10 heteroatoms. The highest BCUT2D eigenvalue weighted by Gasteiger charge is 2.22. The molecule has 10 heterocycles. The van der Waals surface area contributed by atoms with Gasteiger partial charge in [0.1, 0.15) is 11.6 Å². The average Bonchev–Trinajstić information content (AvgIpc) is 1.57. The first-order valence-corrected chi connectivity index (χ1v) is 33.6. The number of rotatable bonds is 8. The van der Waals surface area contributed by atoms with Crippen LogP contribution in [-0.4, -0.2) is 48.2 Å². The van der Waals surface area contributed by atoms with Crippen molar-refractivity contribution >= 4 is 120 Å². The summed E-state index contributed by atoms with van der Waals surface area (Å²) < 4.78 is 9.30. The van der Waals surface area contributed by atoms with Gasteiger partial charge in [0.2, 0.25) is 0 Å². The fourth-order valence-electron chi connectivity index (χ4n) is 15.4. The van der Waals surface area contributed by atoms with Crippen LogP contribution in [0.5, 0.6) is 0 Å². The van der Waals surface area contributed by atoms with Crippen LogP contribution in [0.25, 0.3) is 188 Å². The lowest BCUT2D eigenvalue weighted by molar-refractivity contribution is 1.10. The minimum Gasteiger partial charge on any atom is -0.309 e. The summed E-state index contributed by atoms with van der Waals surface area (Å²) in [5, 5.41) is 13.0. The van der Waals surface area contributed by atoms with Gasteiger partial charge in [-0.1, -0.05) is 182 Å². The first kappa shape index (κ1) is 56.6. The molecule has 0 N–H and O–H groups in total. The van der Waals surface area contributed by atoms with Crippen LogP contribution in [0.4, 0.5) is 0 Å². The lowest BCUT2D eigenvalue weighted by Crippen LogP contribution is -2.01. The fraction of sp³-hybridized carbons (Fsp3) is 0. The van der Waals surface area contributed by atoms with Gasteiger partial charge in [0, 0.05) is 124 Å². The topological polar surface area (TPSA) is 97.1 Å². The smallest absolute Gasteiger partial charge is 0.138 e. The summed E-state index contributed by atoms with van der Waals surface area (Å²) >= 11 is 0. The minimum atomic E-state index is 0.867. The second-order valence-electron chi connectivity index (χ2n) is 25.4. The van der Waals surface area contributed by atoms with Crippen LogP contribution in [0.15, 0.2) is 340 Å². The third-order valence-electron chi connectivity index (χ3n) is 19.9. The van der Waals surface area contributed by atoms with Crippen molar-refractivity contribution in [2.75, 3.05) is 0 Å². The lowest BCUT2D eigenvalue weighted by Gasteiger charge is -2.15. The molecule has 21 rings (SSSR count). The maximum Gasteiger partial charge on any atom is 0.138 e. The molecule has 0 amide bonds. The zero-order valence-corrected chi connectivity index (χ0v) is 53.8. The number of benzene rings is 11. The quantitative estimate of drug-likeness (QED) is 0.150. The molecular weight excluding hydrogens is 1220 g/mol. The van der Waals surface area contributed by atoms with E-state index >= 15 is 0 Å². The zero-order valence-electron chi connectivity index (χ0n) is 53.8. The Kier molecular flexibility index (Phi) is 13.0. The van der Waals surface area contributed by atoms with Gasteiger partial charge in [0.25, 0.3) is 0 Å². The minimum absolute atomic E-state index is 0.867. The average molecular weight is 1280 g/mol. The first-order chi connectivity index (χ1) is 49.6. The lowest BCUT2D eigenvalue weighted by atomic mass is 10.00. The molecule has 0 fully saturated rings. The molecule has 0 unspecified atom stereocenters. The van der Waals surface area contributed by atoms with Crippen molar-refractivity contribution < 1.29 is 0 Å². The Morgan fingerprint density at radius 2 is 0.610 bits per heavy atom. The molecule has 21 aromatic rings. The maximum absolute atomic E-state index is 5.38. The Balaban J connectivity index is 0.000000135. The molecular formula is C90H56N10. The first-order valence-electron chi connectivity index (χ1n) is 33.6. The van der Waals surface area contributed by atoms with E-state index in [1.54, 1.807) is 6.20 Å². The third kappa shape index (κ3) is 9.12. The van der Waals surface area contributed by atoms with Crippen molar-refractivity contribution in [1.82, 2.24) is 48.2 Å². The van der Waals surface area contributed by atoms with Gasteiger partial charge in [0.05, 0.1) is 72.1 Å². The molecule has 0 saturated heterocycles. The van der Waals surface area contributed by atoms with E-state index in [-0.39, 0.29) is 0 Å².